The smallest absolute Gasteiger partial charge is 0.251 e. The van der Waals surface area contributed by atoms with Crippen molar-refractivity contribution in [3.8, 4) is 5.69 Å². The lowest BCUT2D eigenvalue weighted by Crippen LogP contribution is -2.26. The van der Waals surface area contributed by atoms with Gasteiger partial charge < -0.3 is 14.3 Å². The molecule has 0 bridgehead atoms. The normalized spacial score (nSPS) is 12.1. The van der Waals surface area contributed by atoms with Crippen molar-refractivity contribution >= 4 is 5.91 Å². The van der Waals surface area contributed by atoms with Gasteiger partial charge in [0.1, 0.15) is 11.5 Å². The fraction of sp³-hybridized carbons (Fsp3) is 0.176. The minimum atomic E-state index is -0.172. The number of aromatic nitrogens is 2. The molecule has 2 aromatic heterocycles. The van der Waals surface area contributed by atoms with E-state index in [0.29, 0.717) is 5.56 Å². The van der Waals surface area contributed by atoms with Crippen molar-refractivity contribution in [1.82, 2.24) is 14.9 Å². The van der Waals surface area contributed by atoms with Crippen LogP contribution in [0.4, 0.5) is 0 Å². The van der Waals surface area contributed by atoms with E-state index in [9.17, 15) is 4.79 Å². The van der Waals surface area contributed by atoms with Gasteiger partial charge in [0.25, 0.3) is 5.91 Å². The highest BCUT2D eigenvalue weighted by Gasteiger charge is 2.14. The minimum Gasteiger partial charge on any atom is -0.464 e. The van der Waals surface area contributed by atoms with Crippen LogP contribution in [0, 0.1) is 6.92 Å². The molecule has 1 atom stereocenters. The molecule has 22 heavy (non-hydrogen) atoms. The molecule has 0 saturated heterocycles. The fourth-order valence-corrected chi connectivity index (χ4v) is 2.23. The molecular weight excluding hydrogens is 278 g/mol. The van der Waals surface area contributed by atoms with Crippen molar-refractivity contribution in [3.05, 3.63) is 72.2 Å². The maximum Gasteiger partial charge on any atom is 0.251 e. The third kappa shape index (κ3) is 2.93. The van der Waals surface area contributed by atoms with Crippen molar-refractivity contribution in [1.29, 1.82) is 0 Å². The van der Waals surface area contributed by atoms with Gasteiger partial charge in [-0.15, -0.1) is 0 Å². The summed E-state index contributed by atoms with van der Waals surface area (Å²) in [6.07, 6.45) is 5.29. The summed E-state index contributed by atoms with van der Waals surface area (Å²) in [6, 6.07) is 11.0. The molecule has 112 valence electrons. The lowest BCUT2D eigenvalue weighted by atomic mass is 10.1. The number of carbonyl (C=O) groups excluding carboxylic acids is 1. The van der Waals surface area contributed by atoms with E-state index >= 15 is 0 Å². The van der Waals surface area contributed by atoms with Crippen molar-refractivity contribution in [2.75, 3.05) is 0 Å². The molecule has 1 unspecified atom stereocenters. The Bertz CT molecular complexity index is 758. The molecule has 1 N–H and O–H groups in total. The first-order valence-corrected chi connectivity index (χ1v) is 7.09. The quantitative estimate of drug-likeness (QED) is 0.803. The van der Waals surface area contributed by atoms with Gasteiger partial charge in [0, 0.05) is 23.6 Å². The summed E-state index contributed by atoms with van der Waals surface area (Å²) in [6.45, 7) is 3.78. The number of aryl methyl sites for hydroxylation is 1. The third-order valence-electron chi connectivity index (χ3n) is 3.47. The molecule has 1 aromatic carbocycles. The van der Waals surface area contributed by atoms with Crippen LogP contribution in [0.5, 0.6) is 0 Å². The molecule has 3 aromatic rings. The Balaban J connectivity index is 1.70. The number of hydrogen-bond donors (Lipinski definition) is 1. The Morgan fingerprint density at radius 2 is 2.00 bits per heavy atom. The summed E-state index contributed by atoms with van der Waals surface area (Å²) in [7, 11) is 0. The SMILES string of the molecule is Cc1ccc(C(C)NC(=O)c2ccc(-n3ccnc3)cc2)o1. The van der Waals surface area contributed by atoms with Gasteiger partial charge in [-0.05, 0) is 50.2 Å². The molecule has 0 spiro atoms. The van der Waals surface area contributed by atoms with Crippen LogP contribution in [-0.2, 0) is 0 Å². The van der Waals surface area contributed by atoms with Crippen molar-refractivity contribution < 1.29 is 9.21 Å². The lowest BCUT2D eigenvalue weighted by Gasteiger charge is -2.12. The van der Waals surface area contributed by atoms with Crippen LogP contribution < -0.4 is 5.32 Å². The molecule has 0 aliphatic heterocycles. The van der Waals surface area contributed by atoms with E-state index in [-0.39, 0.29) is 11.9 Å². The number of hydrogen-bond acceptors (Lipinski definition) is 3. The molecule has 1 amide bonds. The predicted molar refractivity (Wildman–Crippen MR) is 82.9 cm³/mol. The van der Waals surface area contributed by atoms with Gasteiger partial charge in [-0.25, -0.2) is 4.98 Å². The maximum absolute atomic E-state index is 12.3. The first-order chi connectivity index (χ1) is 10.6. The second-order valence-corrected chi connectivity index (χ2v) is 5.16. The van der Waals surface area contributed by atoms with E-state index in [0.717, 1.165) is 17.2 Å². The summed E-state index contributed by atoms with van der Waals surface area (Å²) < 4.78 is 7.41. The molecule has 2 heterocycles. The highest BCUT2D eigenvalue weighted by molar-refractivity contribution is 5.94. The number of imidazole rings is 1. The second kappa shape index (κ2) is 5.89. The molecule has 0 aliphatic carbocycles. The molecule has 5 nitrogen and oxygen atoms in total. The van der Waals surface area contributed by atoms with Gasteiger partial charge in [0.15, 0.2) is 0 Å². The summed E-state index contributed by atoms with van der Waals surface area (Å²) in [4.78, 5) is 16.3. The number of furan rings is 1. The second-order valence-electron chi connectivity index (χ2n) is 5.16. The molecule has 3 rings (SSSR count). The summed E-state index contributed by atoms with van der Waals surface area (Å²) >= 11 is 0. The maximum atomic E-state index is 12.3. The van der Waals surface area contributed by atoms with E-state index < -0.39 is 0 Å². The van der Waals surface area contributed by atoms with E-state index in [4.69, 9.17) is 4.42 Å². The Labute approximate surface area is 128 Å². The van der Waals surface area contributed by atoms with Crippen LogP contribution in [0.2, 0.25) is 0 Å². The van der Waals surface area contributed by atoms with Gasteiger partial charge in [-0.3, -0.25) is 4.79 Å². The third-order valence-corrected chi connectivity index (χ3v) is 3.47. The monoisotopic (exact) mass is 295 g/mol. The van der Waals surface area contributed by atoms with E-state index in [1.165, 1.54) is 0 Å². The largest absolute Gasteiger partial charge is 0.464 e. The molecule has 0 saturated carbocycles. The van der Waals surface area contributed by atoms with E-state index in [1.807, 2.05) is 48.9 Å². The Hall–Kier alpha value is -2.82. The zero-order valence-corrected chi connectivity index (χ0v) is 12.5. The zero-order chi connectivity index (χ0) is 15.5. The number of rotatable bonds is 4. The summed E-state index contributed by atoms with van der Waals surface area (Å²) in [5.41, 5.74) is 1.57. The van der Waals surface area contributed by atoms with E-state index in [1.54, 1.807) is 24.7 Å². The van der Waals surface area contributed by atoms with Gasteiger partial charge in [-0.2, -0.15) is 0 Å². The van der Waals surface area contributed by atoms with Crippen molar-refractivity contribution in [2.24, 2.45) is 0 Å². The molecule has 0 radical (unpaired) electrons. The number of benzene rings is 1. The Morgan fingerprint density at radius 1 is 1.23 bits per heavy atom. The summed E-state index contributed by atoms with van der Waals surface area (Å²) in [5.74, 6) is 1.46. The number of carbonyl (C=O) groups is 1. The van der Waals surface area contributed by atoms with Crippen LogP contribution in [0.25, 0.3) is 5.69 Å². The zero-order valence-electron chi connectivity index (χ0n) is 12.5. The number of nitrogens with one attached hydrogen (secondary N) is 1. The summed E-state index contributed by atoms with van der Waals surface area (Å²) in [5, 5.41) is 2.93. The first kappa shape index (κ1) is 14.1. The van der Waals surface area contributed by atoms with Crippen LogP contribution in [0.3, 0.4) is 0 Å². The number of nitrogens with zero attached hydrogens (tertiary/aromatic N) is 2. The van der Waals surface area contributed by atoms with Crippen LogP contribution in [0.15, 0.2) is 59.5 Å². The fourth-order valence-electron chi connectivity index (χ4n) is 2.23. The van der Waals surface area contributed by atoms with E-state index in [2.05, 4.69) is 10.3 Å². The molecule has 5 heteroatoms. The van der Waals surface area contributed by atoms with Crippen LogP contribution in [0.1, 0.15) is 34.8 Å². The highest BCUT2D eigenvalue weighted by atomic mass is 16.3. The van der Waals surface area contributed by atoms with Crippen molar-refractivity contribution in [2.45, 2.75) is 19.9 Å². The first-order valence-electron chi connectivity index (χ1n) is 7.09. The molecular formula is C17H17N3O2. The number of amides is 1. The lowest BCUT2D eigenvalue weighted by molar-refractivity contribution is 0.0935. The Kier molecular flexibility index (Phi) is 3.78. The average molecular weight is 295 g/mol. The minimum absolute atomic E-state index is 0.126. The Morgan fingerprint density at radius 3 is 2.59 bits per heavy atom. The topological polar surface area (TPSA) is 60.1 Å². The standard InChI is InChI=1S/C17H17N3O2/c1-12-3-8-16(22-12)13(2)19-17(21)14-4-6-15(7-5-14)20-10-9-18-11-20/h3-11,13H,1-2H3,(H,19,21). The van der Waals surface area contributed by atoms with Crippen LogP contribution in [-0.4, -0.2) is 15.5 Å². The molecule has 0 aliphatic rings. The van der Waals surface area contributed by atoms with Gasteiger partial charge in [0.2, 0.25) is 0 Å². The molecule has 0 fully saturated rings. The van der Waals surface area contributed by atoms with Crippen LogP contribution >= 0.6 is 0 Å². The van der Waals surface area contributed by atoms with Gasteiger partial charge in [-0.1, -0.05) is 0 Å². The highest BCUT2D eigenvalue weighted by Crippen LogP contribution is 2.16. The van der Waals surface area contributed by atoms with Gasteiger partial charge in [0.05, 0.1) is 12.4 Å². The average Bonchev–Trinajstić information content (AvgIpc) is 3.18. The predicted octanol–water partition coefficient (Wildman–Crippen LogP) is 3.26. The van der Waals surface area contributed by atoms with Gasteiger partial charge >= 0.3 is 0 Å². The van der Waals surface area contributed by atoms with Crippen molar-refractivity contribution in [3.63, 3.8) is 0 Å².